The van der Waals surface area contributed by atoms with Gasteiger partial charge < -0.3 is 20.3 Å². The molecule has 1 aliphatic heterocycles. The van der Waals surface area contributed by atoms with Gasteiger partial charge in [-0.15, -0.1) is 0 Å². The summed E-state index contributed by atoms with van der Waals surface area (Å²) in [5, 5.41) is 6.77. The first-order valence-corrected chi connectivity index (χ1v) is 15.5. The Kier molecular flexibility index (Phi) is 8.67. The van der Waals surface area contributed by atoms with Crippen LogP contribution >= 0.6 is 0 Å². The number of benzene rings is 3. The highest BCUT2D eigenvalue weighted by Gasteiger charge is 2.26. The largest absolute Gasteiger partial charge is 0.496 e. The van der Waals surface area contributed by atoms with Gasteiger partial charge in [0.25, 0.3) is 5.91 Å². The van der Waals surface area contributed by atoms with Gasteiger partial charge in [0.2, 0.25) is 0 Å². The molecule has 0 spiro atoms. The zero-order chi connectivity index (χ0) is 31.7. The van der Waals surface area contributed by atoms with Crippen LogP contribution in [0.4, 0.5) is 15.9 Å². The van der Waals surface area contributed by atoms with Crippen molar-refractivity contribution in [2.45, 2.75) is 46.1 Å². The minimum atomic E-state index is -0.328. The zero-order valence-electron chi connectivity index (χ0n) is 26.3. The van der Waals surface area contributed by atoms with Crippen LogP contribution in [0.1, 0.15) is 51.9 Å². The number of nitrogens with zero attached hydrogens (tertiary/aromatic N) is 2. The average molecular weight is 607 g/mol. The molecule has 3 aromatic carbocycles. The van der Waals surface area contributed by atoms with Gasteiger partial charge in [-0.05, 0) is 102 Å². The van der Waals surface area contributed by atoms with Crippen molar-refractivity contribution in [2.24, 2.45) is 5.92 Å². The van der Waals surface area contributed by atoms with Gasteiger partial charge in [-0.2, -0.15) is 0 Å². The van der Waals surface area contributed by atoms with Crippen LogP contribution in [0.25, 0.3) is 22.3 Å². The molecular formula is C37H39FN4O3. The molecule has 1 aliphatic carbocycles. The predicted octanol–water partition coefficient (Wildman–Crippen LogP) is 7.01. The highest BCUT2D eigenvalue weighted by Crippen LogP contribution is 2.38. The van der Waals surface area contributed by atoms with Gasteiger partial charge in [0.1, 0.15) is 23.2 Å². The molecule has 1 amide bonds. The van der Waals surface area contributed by atoms with Gasteiger partial charge in [-0.25, -0.2) is 9.37 Å². The van der Waals surface area contributed by atoms with Crippen molar-refractivity contribution < 1.29 is 18.7 Å². The van der Waals surface area contributed by atoms with Crippen LogP contribution in [0, 0.1) is 25.6 Å². The summed E-state index contributed by atoms with van der Waals surface area (Å²) >= 11 is 0. The SMILES string of the molecule is COc1cc(-c2cccc(-c3cccc(Nc4nccc5c4C(=O)N(C)CC5)c3C)c2C)cc(F)c1CNC[C@@H]1CCC(=O)C1. The Labute approximate surface area is 263 Å². The lowest BCUT2D eigenvalue weighted by Crippen LogP contribution is -2.34. The lowest BCUT2D eigenvalue weighted by molar-refractivity contribution is -0.117. The number of aromatic nitrogens is 1. The molecule has 2 aliphatic rings. The molecule has 2 N–H and O–H groups in total. The lowest BCUT2D eigenvalue weighted by Gasteiger charge is -2.26. The Hall–Kier alpha value is -4.56. The molecule has 6 rings (SSSR count). The third-order valence-corrected chi connectivity index (χ3v) is 9.29. The standard InChI is InChI=1S/C37H39FN4O3/c1-22-28(26-18-32(38)31(34(19-26)45-4)21-39-20-24-11-12-27(43)17-24)7-5-8-29(22)30-9-6-10-33(23(30)2)41-36-35-25(13-15-40-36)14-16-42(3)37(35)44/h5-10,13,15,18-19,24,39H,11-12,14,16-17,20-21H2,1-4H3,(H,40,41)/t24-/m1/s1. The average Bonchev–Trinajstić information content (AvgIpc) is 3.45. The molecule has 232 valence electrons. The first kappa shape index (κ1) is 30.5. The smallest absolute Gasteiger partial charge is 0.257 e. The monoisotopic (exact) mass is 606 g/mol. The van der Waals surface area contributed by atoms with Crippen LogP contribution in [-0.4, -0.2) is 48.8 Å². The van der Waals surface area contributed by atoms with E-state index in [1.165, 1.54) is 0 Å². The van der Waals surface area contributed by atoms with Crippen LogP contribution in [0.2, 0.25) is 0 Å². The molecule has 4 aromatic rings. The van der Waals surface area contributed by atoms with Crippen LogP contribution in [0.3, 0.4) is 0 Å². The fourth-order valence-corrected chi connectivity index (χ4v) is 6.64. The molecule has 0 radical (unpaired) electrons. The number of nitrogens with one attached hydrogen (secondary N) is 2. The molecule has 0 bridgehead atoms. The maximum absolute atomic E-state index is 15.6. The van der Waals surface area contributed by atoms with Crippen molar-refractivity contribution >= 4 is 23.2 Å². The van der Waals surface area contributed by atoms with Gasteiger partial charge in [0.05, 0.1) is 12.7 Å². The Balaban J connectivity index is 1.28. The molecule has 45 heavy (non-hydrogen) atoms. The summed E-state index contributed by atoms with van der Waals surface area (Å²) in [4.78, 5) is 30.9. The van der Waals surface area contributed by atoms with E-state index in [9.17, 15) is 9.59 Å². The van der Waals surface area contributed by atoms with Gasteiger partial charge in [-0.1, -0.05) is 30.3 Å². The van der Waals surface area contributed by atoms with E-state index in [1.807, 2.05) is 43.4 Å². The Morgan fingerprint density at radius 1 is 1.00 bits per heavy atom. The molecule has 1 aromatic heterocycles. The first-order valence-electron chi connectivity index (χ1n) is 15.5. The summed E-state index contributed by atoms with van der Waals surface area (Å²) in [5.74, 6) is 1.31. The van der Waals surface area contributed by atoms with E-state index in [4.69, 9.17) is 4.74 Å². The van der Waals surface area contributed by atoms with E-state index < -0.39 is 0 Å². The van der Waals surface area contributed by atoms with Crippen molar-refractivity contribution in [2.75, 3.05) is 32.6 Å². The maximum Gasteiger partial charge on any atom is 0.257 e. The molecule has 1 fully saturated rings. The Morgan fingerprint density at radius 2 is 1.76 bits per heavy atom. The zero-order valence-corrected chi connectivity index (χ0v) is 26.3. The summed E-state index contributed by atoms with van der Waals surface area (Å²) in [6.07, 6.45) is 4.68. The number of ether oxygens (including phenoxy) is 1. The molecule has 1 atom stereocenters. The quantitative estimate of drug-likeness (QED) is 0.213. The number of Topliss-reactive ketones (excluding diaryl/α,β-unsaturated/α-hetero) is 1. The predicted molar refractivity (Wildman–Crippen MR) is 176 cm³/mol. The number of rotatable bonds is 9. The van der Waals surface area contributed by atoms with Crippen LogP contribution in [0.15, 0.2) is 60.8 Å². The maximum atomic E-state index is 15.6. The molecule has 0 unspecified atom stereocenters. The highest BCUT2D eigenvalue weighted by atomic mass is 19.1. The second-order valence-electron chi connectivity index (χ2n) is 12.2. The summed E-state index contributed by atoms with van der Waals surface area (Å²) in [6.45, 7) is 5.81. The molecule has 0 saturated heterocycles. The molecular weight excluding hydrogens is 567 g/mol. The second-order valence-corrected chi connectivity index (χ2v) is 12.2. The first-order chi connectivity index (χ1) is 21.7. The number of pyridine rings is 1. The van der Waals surface area contributed by atoms with Crippen molar-refractivity contribution in [3.63, 3.8) is 0 Å². The molecule has 7 nitrogen and oxygen atoms in total. The molecule has 2 heterocycles. The molecule has 8 heteroatoms. The number of fused-ring (bicyclic) bond motifs is 1. The van der Waals surface area contributed by atoms with Crippen molar-refractivity contribution in [1.29, 1.82) is 0 Å². The van der Waals surface area contributed by atoms with Gasteiger partial charge >= 0.3 is 0 Å². The van der Waals surface area contributed by atoms with E-state index in [1.54, 1.807) is 24.3 Å². The number of amides is 1. The number of methoxy groups -OCH3 is 1. The summed E-state index contributed by atoms with van der Waals surface area (Å²) in [7, 11) is 3.38. The number of hydrogen-bond donors (Lipinski definition) is 2. The fraction of sp³-hybridized carbons (Fsp3) is 0.324. The van der Waals surface area contributed by atoms with E-state index >= 15 is 4.39 Å². The lowest BCUT2D eigenvalue weighted by atomic mass is 9.90. The van der Waals surface area contributed by atoms with Crippen LogP contribution < -0.4 is 15.4 Å². The number of carbonyl (C=O) groups is 2. The number of carbonyl (C=O) groups excluding carboxylic acids is 2. The number of ketones is 1. The number of anilines is 2. The van der Waals surface area contributed by atoms with Gasteiger partial charge in [0.15, 0.2) is 0 Å². The Bertz CT molecular complexity index is 1790. The van der Waals surface area contributed by atoms with Crippen molar-refractivity contribution in [3.8, 4) is 28.0 Å². The van der Waals surface area contributed by atoms with Crippen LogP contribution in [-0.2, 0) is 17.8 Å². The van der Waals surface area contributed by atoms with E-state index in [0.717, 1.165) is 57.5 Å². The topological polar surface area (TPSA) is 83.6 Å². The van der Waals surface area contributed by atoms with E-state index in [-0.39, 0.29) is 11.7 Å². The number of hydrogen-bond acceptors (Lipinski definition) is 6. The minimum absolute atomic E-state index is 0.0287. The number of halogens is 1. The molecule has 1 saturated carbocycles. The summed E-state index contributed by atoms with van der Waals surface area (Å²) < 4.78 is 21.2. The third-order valence-electron chi connectivity index (χ3n) is 9.29. The summed E-state index contributed by atoms with van der Waals surface area (Å²) in [5.41, 5.74) is 8.73. The third kappa shape index (κ3) is 6.07. The highest BCUT2D eigenvalue weighted by molar-refractivity contribution is 6.01. The van der Waals surface area contributed by atoms with Gasteiger partial charge in [0, 0.05) is 50.4 Å². The van der Waals surface area contributed by atoms with E-state index in [2.05, 4.69) is 41.6 Å². The fourth-order valence-electron chi connectivity index (χ4n) is 6.64. The van der Waals surface area contributed by atoms with Crippen LogP contribution in [0.5, 0.6) is 5.75 Å². The van der Waals surface area contributed by atoms with Crippen molar-refractivity contribution in [3.05, 3.63) is 94.4 Å². The van der Waals surface area contributed by atoms with Gasteiger partial charge in [-0.3, -0.25) is 9.59 Å². The normalized spacial score (nSPS) is 16.2. The Morgan fingerprint density at radius 3 is 2.51 bits per heavy atom. The number of likely N-dealkylation sites (N-methyl/N-ethyl adjacent to an activating group) is 1. The second kappa shape index (κ2) is 12.8. The summed E-state index contributed by atoms with van der Waals surface area (Å²) in [6, 6.07) is 17.5. The van der Waals surface area contributed by atoms with Crippen molar-refractivity contribution in [1.82, 2.24) is 15.2 Å². The minimum Gasteiger partial charge on any atom is -0.496 e. The van der Waals surface area contributed by atoms with E-state index in [0.29, 0.717) is 66.9 Å².